The zero-order valence-electron chi connectivity index (χ0n) is 22.3. The lowest BCUT2D eigenvalue weighted by molar-refractivity contribution is -0.686. The van der Waals surface area contributed by atoms with Crippen LogP contribution in [0.1, 0.15) is 59.8 Å². The van der Waals surface area contributed by atoms with E-state index in [0.29, 0.717) is 12.8 Å². The van der Waals surface area contributed by atoms with Crippen molar-refractivity contribution < 1.29 is 33.9 Å². The van der Waals surface area contributed by atoms with Crippen LogP contribution < -0.4 is 4.57 Å². The van der Waals surface area contributed by atoms with Crippen molar-refractivity contribution in [3.05, 3.63) is 37.2 Å². The number of aliphatic hydroxyl groups is 1. The van der Waals surface area contributed by atoms with Crippen LogP contribution in [0, 0.1) is 34.0 Å². The highest BCUT2D eigenvalue weighted by atomic mass is 32.2. The Kier molecular flexibility index (Phi) is 7.65. The van der Waals surface area contributed by atoms with Crippen LogP contribution in [0.25, 0.3) is 0 Å². The number of carboxylic acids is 1. The van der Waals surface area contributed by atoms with Crippen molar-refractivity contribution in [3.63, 3.8) is 0 Å². The van der Waals surface area contributed by atoms with Crippen LogP contribution in [0.5, 0.6) is 0 Å². The lowest BCUT2D eigenvalue weighted by Gasteiger charge is -2.61. The van der Waals surface area contributed by atoms with Gasteiger partial charge in [0.05, 0.1) is 11.9 Å². The number of rotatable bonds is 7. The second-order valence-electron chi connectivity index (χ2n) is 12.0. The number of aliphatic hydroxyl groups excluding tert-OH is 1. The number of hydrogen-bond acceptors (Lipinski definition) is 6. The molecule has 8 heteroatoms. The monoisotopic (exact) mass is 530 g/mol. The summed E-state index contributed by atoms with van der Waals surface area (Å²) in [6, 6.07) is 3.55. The van der Waals surface area contributed by atoms with E-state index in [9.17, 15) is 19.5 Å². The number of hydrogen-bond donors (Lipinski definition) is 2. The van der Waals surface area contributed by atoms with Crippen LogP contribution in [-0.2, 0) is 25.7 Å². The molecular weight excluding hydrogens is 490 g/mol. The minimum absolute atomic E-state index is 0.0621. The third-order valence-electron chi connectivity index (χ3n) is 10.1. The highest BCUT2D eigenvalue weighted by Crippen LogP contribution is 2.68. The van der Waals surface area contributed by atoms with Gasteiger partial charge in [0.25, 0.3) is 0 Å². The minimum Gasteiger partial charge on any atom is -0.477 e. The molecule has 202 valence electrons. The molecule has 0 radical (unpaired) electrons. The van der Waals surface area contributed by atoms with E-state index in [1.165, 1.54) is 11.8 Å². The van der Waals surface area contributed by atoms with E-state index in [4.69, 9.17) is 9.84 Å². The molecule has 0 unspecified atom stereocenters. The van der Waals surface area contributed by atoms with E-state index >= 15 is 0 Å². The lowest BCUT2D eigenvalue weighted by Crippen LogP contribution is -2.63. The fourth-order valence-electron chi connectivity index (χ4n) is 7.64. The largest absolute Gasteiger partial charge is 0.477 e. The molecule has 1 aromatic heterocycles. The van der Waals surface area contributed by atoms with Gasteiger partial charge in [0.1, 0.15) is 11.9 Å². The topological polar surface area (TPSA) is 105 Å². The highest BCUT2D eigenvalue weighted by Gasteiger charge is 2.68. The number of carbonyl (C=O) groups excluding carboxylic acids is 2. The van der Waals surface area contributed by atoms with Gasteiger partial charge in [-0.1, -0.05) is 33.8 Å². The average Bonchev–Trinajstić information content (AvgIpc) is 3.22. The van der Waals surface area contributed by atoms with E-state index in [-0.39, 0.29) is 47.2 Å². The molecule has 0 aromatic carbocycles. The van der Waals surface area contributed by atoms with Gasteiger partial charge >= 0.3 is 11.9 Å². The van der Waals surface area contributed by atoms with E-state index in [2.05, 4.69) is 27.4 Å². The second-order valence-corrected chi connectivity index (χ2v) is 13.0. The number of pyridine rings is 1. The zero-order chi connectivity index (χ0) is 27.2. The van der Waals surface area contributed by atoms with Gasteiger partial charge in [-0.15, -0.1) is 18.3 Å². The number of esters is 1. The average molecular weight is 531 g/mol. The van der Waals surface area contributed by atoms with Crippen molar-refractivity contribution >= 4 is 29.5 Å². The van der Waals surface area contributed by atoms with Gasteiger partial charge in [-0.25, -0.2) is 4.79 Å². The standard InChI is InChI=1S/C29H39NO6S/c1-6-27(4)15-22(36-24(34)17-37-20-9-13-30(14-10-20)16-23(32)33)28(5)18(2)7-11-29(19(3)26(27)35)12-8-21(31)25(28)29/h6,9-10,13-14,18-19,22,25-26,35H,1,7-8,11-12,15-17H2,2-5H3/p+1/t18-,19+,22-,25+,26+,27-,28+,29+/m1/s1. The Morgan fingerprint density at radius 2 is 1.92 bits per heavy atom. The molecule has 0 aliphatic heterocycles. The van der Waals surface area contributed by atoms with Crippen LogP contribution in [0.3, 0.4) is 0 Å². The van der Waals surface area contributed by atoms with Gasteiger partial charge in [-0.2, -0.15) is 4.57 Å². The number of nitrogens with zero attached hydrogens (tertiary/aromatic N) is 1. The first-order valence-corrected chi connectivity index (χ1v) is 14.2. The Balaban J connectivity index is 1.60. The van der Waals surface area contributed by atoms with Gasteiger partial charge in [-0.05, 0) is 42.9 Å². The van der Waals surface area contributed by atoms with Gasteiger partial charge < -0.3 is 14.9 Å². The molecule has 3 aliphatic rings. The molecule has 0 amide bonds. The molecule has 0 saturated heterocycles. The van der Waals surface area contributed by atoms with E-state index in [1.807, 2.05) is 6.92 Å². The Labute approximate surface area is 223 Å². The van der Waals surface area contributed by atoms with Crippen molar-refractivity contribution in [2.45, 2.75) is 83.4 Å². The van der Waals surface area contributed by atoms with Crippen molar-refractivity contribution in [2.75, 3.05) is 5.75 Å². The summed E-state index contributed by atoms with van der Waals surface area (Å²) in [5.41, 5.74) is -1.48. The van der Waals surface area contributed by atoms with Gasteiger partial charge in [0, 0.05) is 40.2 Å². The Morgan fingerprint density at radius 1 is 1.24 bits per heavy atom. The van der Waals surface area contributed by atoms with Crippen molar-refractivity contribution in [3.8, 4) is 0 Å². The van der Waals surface area contributed by atoms with Gasteiger partial charge in [0.15, 0.2) is 12.4 Å². The molecule has 7 nitrogen and oxygen atoms in total. The first kappa shape index (κ1) is 27.8. The Morgan fingerprint density at radius 3 is 2.54 bits per heavy atom. The van der Waals surface area contributed by atoms with Crippen LogP contribution in [0.2, 0.25) is 0 Å². The fourth-order valence-corrected chi connectivity index (χ4v) is 8.30. The lowest BCUT2D eigenvalue weighted by atomic mass is 9.44. The maximum absolute atomic E-state index is 13.5. The van der Waals surface area contributed by atoms with Crippen molar-refractivity contribution in [1.82, 2.24) is 0 Å². The molecule has 4 rings (SSSR count). The van der Waals surface area contributed by atoms with E-state index in [1.54, 1.807) is 35.2 Å². The molecule has 3 aliphatic carbocycles. The number of aliphatic carboxylic acids is 1. The predicted octanol–water partition coefficient (Wildman–Crippen LogP) is 4.06. The summed E-state index contributed by atoms with van der Waals surface area (Å²) in [7, 11) is 0. The third-order valence-corrected chi connectivity index (χ3v) is 11.1. The zero-order valence-corrected chi connectivity index (χ0v) is 23.1. The van der Waals surface area contributed by atoms with E-state index in [0.717, 1.165) is 24.2 Å². The Hall–Kier alpha value is -2.19. The van der Waals surface area contributed by atoms with Crippen molar-refractivity contribution in [2.24, 2.45) is 34.0 Å². The van der Waals surface area contributed by atoms with Gasteiger partial charge in [-0.3, -0.25) is 9.59 Å². The molecule has 8 atom stereocenters. The molecule has 1 heterocycles. The summed E-state index contributed by atoms with van der Waals surface area (Å²) >= 11 is 1.33. The number of ether oxygens (including phenoxy) is 1. The number of ketones is 1. The summed E-state index contributed by atoms with van der Waals surface area (Å²) in [6.07, 6.45) is 7.48. The number of aromatic nitrogens is 1. The fraction of sp³-hybridized carbons (Fsp3) is 0.655. The number of carbonyl (C=O) groups is 3. The SMILES string of the molecule is C=C[C@]1(C)C[C@@H](OC(=O)CSc2cc[n+](CC(=O)O)cc2)[C@]2(C)[C@H](C)CC[C@]3(CCC(=O)[C@H]32)[C@@H](C)[C@@H]1O. The second kappa shape index (κ2) is 10.2. The van der Waals surface area contributed by atoms with Crippen LogP contribution in [0.4, 0.5) is 0 Å². The minimum atomic E-state index is -0.922. The first-order valence-electron chi connectivity index (χ1n) is 13.2. The molecule has 3 saturated carbocycles. The third kappa shape index (κ3) is 4.76. The van der Waals surface area contributed by atoms with Crippen molar-refractivity contribution in [1.29, 1.82) is 0 Å². The molecule has 37 heavy (non-hydrogen) atoms. The summed E-state index contributed by atoms with van der Waals surface area (Å²) < 4.78 is 7.82. The van der Waals surface area contributed by atoms with Crippen LogP contribution in [0.15, 0.2) is 42.1 Å². The summed E-state index contributed by atoms with van der Waals surface area (Å²) in [5, 5.41) is 20.5. The number of carboxylic acid groups (broad SMARTS) is 1. The smallest absolute Gasteiger partial charge is 0.370 e. The Bertz CT molecular complexity index is 1070. The first-order chi connectivity index (χ1) is 17.4. The molecule has 1 aromatic rings. The highest BCUT2D eigenvalue weighted by molar-refractivity contribution is 8.00. The van der Waals surface area contributed by atoms with Gasteiger partial charge in [0.2, 0.25) is 6.54 Å². The predicted molar refractivity (Wildman–Crippen MR) is 140 cm³/mol. The molecular formula is C29H40NO6S+. The van der Waals surface area contributed by atoms with Crippen LogP contribution in [-0.4, -0.2) is 45.9 Å². The molecule has 2 bridgehead atoms. The quantitative estimate of drug-likeness (QED) is 0.237. The molecule has 0 spiro atoms. The maximum Gasteiger partial charge on any atom is 0.370 e. The summed E-state index contributed by atoms with van der Waals surface area (Å²) in [5.74, 6) is -1.06. The number of thioether (sulfide) groups is 1. The number of Topliss-reactive ketones (excluding diaryl/α,β-unsaturated/α-hetero) is 1. The summed E-state index contributed by atoms with van der Waals surface area (Å²) in [6.45, 7) is 12.3. The molecule has 2 N–H and O–H groups in total. The molecule has 3 fully saturated rings. The van der Waals surface area contributed by atoms with E-state index < -0.39 is 29.0 Å². The maximum atomic E-state index is 13.5. The van der Waals surface area contributed by atoms with Crippen LogP contribution >= 0.6 is 11.8 Å². The normalized spacial score (nSPS) is 39.3. The summed E-state index contributed by atoms with van der Waals surface area (Å²) in [4.78, 5) is 38.4.